The van der Waals surface area contributed by atoms with E-state index in [4.69, 9.17) is 4.42 Å². The van der Waals surface area contributed by atoms with E-state index in [0.29, 0.717) is 22.0 Å². The van der Waals surface area contributed by atoms with Crippen LogP contribution in [0.15, 0.2) is 46.4 Å². The second kappa shape index (κ2) is 7.02. The number of hydrogen-bond donors (Lipinski definition) is 2. The Balaban J connectivity index is 1.40. The quantitative estimate of drug-likeness (QED) is 0.546. The van der Waals surface area contributed by atoms with Gasteiger partial charge in [-0.25, -0.2) is 4.98 Å². The molecule has 0 aliphatic rings. The molecule has 0 atom stereocenters. The number of thiazole rings is 1. The fourth-order valence-corrected chi connectivity index (χ4v) is 3.53. The minimum Gasteiger partial charge on any atom is -0.459 e. The number of furan rings is 1. The number of nitrogens with zero attached hydrogens (tertiary/aromatic N) is 3. The van der Waals surface area contributed by atoms with Crippen LogP contribution in [0, 0.1) is 0 Å². The predicted octanol–water partition coefficient (Wildman–Crippen LogP) is 3.17. The molecule has 4 aromatic rings. The van der Waals surface area contributed by atoms with Crippen LogP contribution >= 0.6 is 23.1 Å². The lowest BCUT2D eigenvalue weighted by Gasteiger charge is -2.04. The third kappa shape index (κ3) is 3.46. The fraction of sp³-hybridized carbons (Fsp3) is 0.0625. The van der Waals surface area contributed by atoms with Crippen molar-refractivity contribution in [2.45, 2.75) is 6.42 Å². The molecule has 0 unspecified atom stereocenters. The first kappa shape index (κ1) is 16.4. The third-order valence-corrected chi connectivity index (χ3v) is 4.77. The SMILES string of the molecule is O=C(Cc1csc(NC(=O)c2ccco2)n1)Nc1cccc2nsnc12. The summed E-state index contributed by atoms with van der Waals surface area (Å²) in [5.41, 5.74) is 2.58. The van der Waals surface area contributed by atoms with Gasteiger partial charge in [0.1, 0.15) is 11.0 Å². The zero-order chi connectivity index (χ0) is 17.9. The predicted molar refractivity (Wildman–Crippen MR) is 98.5 cm³/mol. The number of rotatable bonds is 5. The second-order valence-electron chi connectivity index (χ2n) is 5.24. The lowest BCUT2D eigenvalue weighted by molar-refractivity contribution is -0.115. The van der Waals surface area contributed by atoms with E-state index in [1.54, 1.807) is 23.6 Å². The van der Waals surface area contributed by atoms with Crippen molar-refractivity contribution in [1.82, 2.24) is 13.7 Å². The van der Waals surface area contributed by atoms with Crippen LogP contribution in [0.2, 0.25) is 0 Å². The maximum absolute atomic E-state index is 12.3. The standard InChI is InChI=1S/C16H11N5O3S2/c22-13(18-10-3-1-4-11-14(10)21-26-20-11)7-9-8-25-16(17-9)19-15(23)12-5-2-6-24-12/h1-6,8H,7H2,(H,18,22)(H,17,19,23). The normalized spacial score (nSPS) is 10.8. The zero-order valence-electron chi connectivity index (χ0n) is 13.1. The van der Waals surface area contributed by atoms with Crippen LogP contribution in [0.1, 0.15) is 16.2 Å². The summed E-state index contributed by atoms with van der Waals surface area (Å²) in [6.45, 7) is 0. The van der Waals surface area contributed by atoms with E-state index in [9.17, 15) is 9.59 Å². The lowest BCUT2D eigenvalue weighted by atomic mass is 10.2. The summed E-state index contributed by atoms with van der Waals surface area (Å²) in [5, 5.41) is 7.58. The summed E-state index contributed by atoms with van der Waals surface area (Å²) >= 11 is 2.34. The lowest BCUT2D eigenvalue weighted by Crippen LogP contribution is -2.15. The van der Waals surface area contributed by atoms with Crippen molar-refractivity contribution in [2.24, 2.45) is 0 Å². The van der Waals surface area contributed by atoms with Crippen molar-refractivity contribution in [2.75, 3.05) is 10.6 Å². The number of nitrogens with one attached hydrogen (secondary N) is 2. The number of benzene rings is 1. The molecular weight excluding hydrogens is 374 g/mol. The average Bonchev–Trinajstić information content (AvgIpc) is 3.36. The highest BCUT2D eigenvalue weighted by molar-refractivity contribution is 7.14. The molecule has 0 saturated heterocycles. The number of aromatic nitrogens is 3. The average molecular weight is 385 g/mol. The monoisotopic (exact) mass is 385 g/mol. The van der Waals surface area contributed by atoms with Crippen molar-refractivity contribution in [3.05, 3.63) is 53.4 Å². The summed E-state index contributed by atoms with van der Waals surface area (Å²) < 4.78 is 13.4. The molecule has 130 valence electrons. The Morgan fingerprint density at radius 2 is 2.04 bits per heavy atom. The van der Waals surface area contributed by atoms with Crippen molar-refractivity contribution in [3.8, 4) is 0 Å². The van der Waals surface area contributed by atoms with Crippen molar-refractivity contribution in [1.29, 1.82) is 0 Å². The van der Waals surface area contributed by atoms with E-state index in [2.05, 4.69) is 24.4 Å². The first-order chi connectivity index (χ1) is 12.7. The van der Waals surface area contributed by atoms with Gasteiger partial charge in [-0.3, -0.25) is 14.9 Å². The van der Waals surface area contributed by atoms with Crippen molar-refractivity contribution < 1.29 is 14.0 Å². The Bertz CT molecular complexity index is 1070. The molecule has 0 spiro atoms. The number of fused-ring (bicyclic) bond motifs is 1. The molecule has 26 heavy (non-hydrogen) atoms. The highest BCUT2D eigenvalue weighted by atomic mass is 32.1. The molecule has 4 rings (SSSR count). The molecule has 0 saturated carbocycles. The van der Waals surface area contributed by atoms with E-state index in [1.165, 1.54) is 17.6 Å². The summed E-state index contributed by atoms with van der Waals surface area (Å²) in [6.07, 6.45) is 1.51. The largest absolute Gasteiger partial charge is 0.459 e. The van der Waals surface area contributed by atoms with Gasteiger partial charge in [-0.2, -0.15) is 8.75 Å². The molecule has 0 aliphatic heterocycles. The van der Waals surface area contributed by atoms with Gasteiger partial charge in [-0.15, -0.1) is 11.3 Å². The molecule has 0 radical (unpaired) electrons. The van der Waals surface area contributed by atoms with Crippen LogP contribution in [-0.4, -0.2) is 25.5 Å². The van der Waals surface area contributed by atoms with Crippen LogP contribution in [0.4, 0.5) is 10.8 Å². The Kier molecular flexibility index (Phi) is 4.42. The molecule has 0 fully saturated rings. The third-order valence-electron chi connectivity index (χ3n) is 3.42. The minimum atomic E-state index is -0.386. The van der Waals surface area contributed by atoms with Gasteiger partial charge in [-0.05, 0) is 24.3 Å². The number of carbonyl (C=O) groups excluding carboxylic acids is 2. The number of carbonyl (C=O) groups is 2. The summed E-state index contributed by atoms with van der Waals surface area (Å²) in [7, 11) is 0. The first-order valence-electron chi connectivity index (χ1n) is 7.49. The molecule has 1 aromatic carbocycles. The van der Waals surface area contributed by atoms with E-state index in [0.717, 1.165) is 17.2 Å². The first-order valence-corrected chi connectivity index (χ1v) is 9.10. The number of hydrogen-bond acceptors (Lipinski definition) is 8. The summed E-state index contributed by atoms with van der Waals surface area (Å²) in [4.78, 5) is 28.4. The van der Waals surface area contributed by atoms with Crippen LogP contribution in [0.25, 0.3) is 11.0 Å². The molecule has 8 nitrogen and oxygen atoms in total. The van der Waals surface area contributed by atoms with Gasteiger partial charge in [-0.1, -0.05) is 6.07 Å². The summed E-state index contributed by atoms with van der Waals surface area (Å²) in [6, 6.07) is 8.61. The van der Waals surface area contributed by atoms with Crippen LogP contribution in [0.3, 0.4) is 0 Å². The molecule has 3 heterocycles. The molecule has 0 bridgehead atoms. The Morgan fingerprint density at radius 3 is 2.88 bits per heavy atom. The highest BCUT2D eigenvalue weighted by Gasteiger charge is 2.14. The van der Waals surface area contributed by atoms with Crippen molar-refractivity contribution in [3.63, 3.8) is 0 Å². The Labute approximate surface area is 155 Å². The maximum atomic E-state index is 12.3. The van der Waals surface area contributed by atoms with E-state index in [-0.39, 0.29) is 24.0 Å². The number of anilines is 2. The van der Waals surface area contributed by atoms with Gasteiger partial charge < -0.3 is 9.73 Å². The molecule has 2 N–H and O–H groups in total. The van der Waals surface area contributed by atoms with Crippen LogP contribution < -0.4 is 10.6 Å². The van der Waals surface area contributed by atoms with E-state index >= 15 is 0 Å². The van der Waals surface area contributed by atoms with Crippen LogP contribution in [0.5, 0.6) is 0 Å². The van der Waals surface area contributed by atoms with Crippen LogP contribution in [-0.2, 0) is 11.2 Å². The van der Waals surface area contributed by atoms with Gasteiger partial charge in [0.05, 0.1) is 35.8 Å². The second-order valence-corrected chi connectivity index (χ2v) is 6.62. The minimum absolute atomic E-state index is 0.0844. The van der Waals surface area contributed by atoms with Gasteiger partial charge in [0.2, 0.25) is 5.91 Å². The highest BCUT2D eigenvalue weighted by Crippen LogP contribution is 2.22. The molecule has 10 heteroatoms. The van der Waals surface area contributed by atoms with Gasteiger partial charge >= 0.3 is 0 Å². The Hall–Kier alpha value is -3.11. The Morgan fingerprint density at radius 1 is 1.12 bits per heavy atom. The van der Waals surface area contributed by atoms with Gasteiger partial charge in [0.15, 0.2) is 10.9 Å². The topological polar surface area (TPSA) is 110 Å². The number of amides is 2. The smallest absolute Gasteiger partial charge is 0.293 e. The van der Waals surface area contributed by atoms with Gasteiger partial charge in [0, 0.05) is 5.38 Å². The molecule has 3 aromatic heterocycles. The zero-order valence-corrected chi connectivity index (χ0v) is 14.8. The summed E-state index contributed by atoms with van der Waals surface area (Å²) in [5.74, 6) is -0.410. The van der Waals surface area contributed by atoms with E-state index < -0.39 is 0 Å². The molecule has 0 aliphatic carbocycles. The fourth-order valence-electron chi connectivity index (χ4n) is 2.28. The van der Waals surface area contributed by atoms with Gasteiger partial charge in [0.25, 0.3) is 5.91 Å². The molecular formula is C16H11N5O3S2. The van der Waals surface area contributed by atoms with E-state index in [1.807, 2.05) is 12.1 Å². The van der Waals surface area contributed by atoms with Crippen molar-refractivity contribution >= 4 is 56.7 Å². The molecule has 2 amide bonds. The maximum Gasteiger partial charge on any atom is 0.293 e.